The van der Waals surface area contributed by atoms with Crippen molar-refractivity contribution >= 4 is 5.97 Å². The number of aliphatic carboxylic acids is 1. The van der Waals surface area contributed by atoms with E-state index in [9.17, 15) is 9.90 Å². The summed E-state index contributed by atoms with van der Waals surface area (Å²) in [6.07, 6.45) is 0. The van der Waals surface area contributed by atoms with Crippen molar-refractivity contribution in [3.05, 3.63) is 28.3 Å². The molecule has 0 radical (unpaired) electrons. The van der Waals surface area contributed by atoms with E-state index in [2.05, 4.69) is 0 Å². The molecule has 0 aromatic heterocycles. The molecule has 0 fully saturated rings. The molecule has 1 rings (SSSR count). The fourth-order valence-corrected chi connectivity index (χ4v) is 2.13. The molecule has 100 valence electrons. The Morgan fingerprint density at radius 2 is 1.78 bits per heavy atom. The third-order valence-corrected chi connectivity index (χ3v) is 3.57. The molecule has 1 aromatic carbocycles. The number of hydrogen-bond acceptors (Lipinski definition) is 3. The first-order valence-electron chi connectivity index (χ1n) is 5.73. The van der Waals surface area contributed by atoms with Gasteiger partial charge in [-0.2, -0.15) is 0 Å². The number of hydrogen-bond donors (Lipinski definition) is 1. The quantitative estimate of drug-likeness (QED) is 0.894. The van der Waals surface area contributed by atoms with E-state index in [1.54, 1.807) is 14.0 Å². The lowest BCUT2D eigenvalue weighted by atomic mass is 9.88. The van der Waals surface area contributed by atoms with Crippen LogP contribution in [-0.2, 0) is 15.1 Å². The molecule has 0 aliphatic rings. The number of carbonyl (C=O) groups is 1. The van der Waals surface area contributed by atoms with Gasteiger partial charge in [0.25, 0.3) is 0 Å². The zero-order valence-corrected chi connectivity index (χ0v) is 11.7. The Labute approximate surface area is 108 Å². The van der Waals surface area contributed by atoms with Crippen molar-refractivity contribution in [1.82, 2.24) is 0 Å². The first kappa shape index (κ1) is 14.5. The van der Waals surface area contributed by atoms with Crippen molar-refractivity contribution < 1.29 is 19.4 Å². The highest BCUT2D eigenvalue weighted by atomic mass is 16.5. The van der Waals surface area contributed by atoms with Crippen LogP contribution in [0.3, 0.4) is 0 Å². The van der Waals surface area contributed by atoms with Gasteiger partial charge in [-0.1, -0.05) is 6.07 Å². The van der Waals surface area contributed by atoms with Crippen LogP contribution < -0.4 is 4.74 Å². The highest BCUT2D eigenvalue weighted by Crippen LogP contribution is 2.36. The molecule has 1 aromatic rings. The summed E-state index contributed by atoms with van der Waals surface area (Å²) in [5, 5.41) is 9.37. The van der Waals surface area contributed by atoms with Gasteiger partial charge in [0.15, 0.2) is 5.60 Å². The molecule has 4 nitrogen and oxygen atoms in total. The van der Waals surface area contributed by atoms with Gasteiger partial charge in [0, 0.05) is 12.7 Å². The second-order valence-electron chi connectivity index (χ2n) is 4.57. The average molecular weight is 252 g/mol. The van der Waals surface area contributed by atoms with Crippen molar-refractivity contribution in [3.8, 4) is 5.75 Å². The summed E-state index contributed by atoms with van der Waals surface area (Å²) in [6.45, 7) is 7.28. The summed E-state index contributed by atoms with van der Waals surface area (Å²) >= 11 is 0. The van der Waals surface area contributed by atoms with Crippen LogP contribution in [0.5, 0.6) is 5.75 Å². The molecule has 1 atom stereocenters. The lowest BCUT2D eigenvalue weighted by molar-refractivity contribution is -0.161. The van der Waals surface area contributed by atoms with E-state index in [0.717, 1.165) is 22.4 Å². The Bertz CT molecular complexity index is 479. The van der Waals surface area contributed by atoms with Gasteiger partial charge < -0.3 is 14.6 Å². The lowest BCUT2D eigenvalue weighted by Crippen LogP contribution is -2.35. The van der Waals surface area contributed by atoms with Crippen LogP contribution in [0.4, 0.5) is 0 Å². The highest BCUT2D eigenvalue weighted by Gasteiger charge is 2.37. The average Bonchev–Trinajstić information content (AvgIpc) is 2.33. The molecule has 0 aliphatic carbocycles. The topological polar surface area (TPSA) is 55.8 Å². The van der Waals surface area contributed by atoms with Gasteiger partial charge in [0.2, 0.25) is 0 Å². The molecule has 18 heavy (non-hydrogen) atoms. The fourth-order valence-electron chi connectivity index (χ4n) is 2.13. The summed E-state index contributed by atoms with van der Waals surface area (Å²) in [7, 11) is 2.98. The molecule has 0 aliphatic heterocycles. The SMILES string of the molecule is COc1c(C)c(C)cc(C(C)(OC)C(=O)O)c1C. The molecule has 0 bridgehead atoms. The predicted octanol–water partition coefficient (Wildman–Crippen LogP) is 2.57. The second-order valence-corrected chi connectivity index (χ2v) is 4.57. The molecule has 0 amide bonds. The van der Waals surface area contributed by atoms with Crippen molar-refractivity contribution in [2.45, 2.75) is 33.3 Å². The zero-order valence-electron chi connectivity index (χ0n) is 11.7. The highest BCUT2D eigenvalue weighted by molar-refractivity contribution is 5.80. The minimum atomic E-state index is -1.37. The fraction of sp³-hybridized carbons (Fsp3) is 0.500. The molecule has 0 saturated carbocycles. The summed E-state index contributed by atoms with van der Waals surface area (Å²) in [6, 6.07) is 1.85. The molecule has 4 heteroatoms. The minimum absolute atomic E-state index is 0.623. The number of carboxylic acids is 1. The number of benzene rings is 1. The smallest absolute Gasteiger partial charge is 0.340 e. The molecule has 0 spiro atoms. The van der Waals surface area contributed by atoms with Crippen LogP contribution in [0, 0.1) is 20.8 Å². The van der Waals surface area contributed by atoms with Crippen molar-refractivity contribution in [1.29, 1.82) is 0 Å². The van der Waals surface area contributed by atoms with E-state index in [1.807, 2.05) is 26.8 Å². The van der Waals surface area contributed by atoms with Crippen LogP contribution in [0.1, 0.15) is 29.2 Å². The van der Waals surface area contributed by atoms with Crippen LogP contribution in [0.2, 0.25) is 0 Å². The number of rotatable bonds is 4. The minimum Gasteiger partial charge on any atom is -0.496 e. The van der Waals surface area contributed by atoms with E-state index in [1.165, 1.54) is 7.11 Å². The first-order chi connectivity index (χ1) is 8.29. The molecule has 0 saturated heterocycles. The third kappa shape index (κ3) is 2.08. The van der Waals surface area contributed by atoms with Gasteiger partial charge in [0.05, 0.1) is 7.11 Å². The maximum Gasteiger partial charge on any atom is 0.340 e. The third-order valence-electron chi connectivity index (χ3n) is 3.57. The second kappa shape index (κ2) is 4.98. The molecule has 1 unspecified atom stereocenters. The van der Waals surface area contributed by atoms with E-state index >= 15 is 0 Å². The van der Waals surface area contributed by atoms with Gasteiger partial charge in [0.1, 0.15) is 5.75 Å². The van der Waals surface area contributed by atoms with Crippen LogP contribution in [0.15, 0.2) is 6.07 Å². The van der Waals surface area contributed by atoms with Gasteiger partial charge in [-0.3, -0.25) is 0 Å². The number of methoxy groups -OCH3 is 2. The summed E-state index contributed by atoms with van der Waals surface area (Å²) in [5.74, 6) is -0.298. The number of carboxylic acid groups (broad SMARTS) is 1. The maximum absolute atomic E-state index is 11.4. The largest absolute Gasteiger partial charge is 0.496 e. The zero-order chi connectivity index (χ0) is 14.1. The summed E-state index contributed by atoms with van der Waals surface area (Å²) < 4.78 is 10.6. The Morgan fingerprint density at radius 1 is 1.22 bits per heavy atom. The van der Waals surface area contributed by atoms with E-state index < -0.39 is 11.6 Å². The molecular weight excluding hydrogens is 232 g/mol. The Hall–Kier alpha value is -1.55. The van der Waals surface area contributed by atoms with Crippen molar-refractivity contribution in [3.63, 3.8) is 0 Å². The lowest BCUT2D eigenvalue weighted by Gasteiger charge is -2.27. The maximum atomic E-state index is 11.4. The van der Waals surface area contributed by atoms with Crippen LogP contribution in [0.25, 0.3) is 0 Å². The Morgan fingerprint density at radius 3 is 2.17 bits per heavy atom. The normalized spacial score (nSPS) is 14.1. The Balaban J connectivity index is 3.61. The van der Waals surface area contributed by atoms with Crippen LogP contribution >= 0.6 is 0 Å². The standard InChI is InChI=1S/C14H20O4/c1-8-7-11(14(4,18-6)13(15)16)10(3)12(17-5)9(8)2/h7H,1-6H3,(H,15,16). The van der Waals surface area contributed by atoms with Crippen molar-refractivity contribution in [2.75, 3.05) is 14.2 Å². The van der Waals surface area contributed by atoms with Crippen LogP contribution in [-0.4, -0.2) is 25.3 Å². The van der Waals surface area contributed by atoms with Gasteiger partial charge in [-0.25, -0.2) is 4.79 Å². The van der Waals surface area contributed by atoms with E-state index in [4.69, 9.17) is 9.47 Å². The van der Waals surface area contributed by atoms with Gasteiger partial charge in [-0.15, -0.1) is 0 Å². The van der Waals surface area contributed by atoms with E-state index in [0.29, 0.717) is 5.56 Å². The van der Waals surface area contributed by atoms with Crippen molar-refractivity contribution in [2.24, 2.45) is 0 Å². The number of aryl methyl sites for hydroxylation is 1. The predicted molar refractivity (Wildman–Crippen MR) is 69.2 cm³/mol. The molecule has 0 heterocycles. The first-order valence-corrected chi connectivity index (χ1v) is 5.73. The number of ether oxygens (including phenoxy) is 2. The van der Waals surface area contributed by atoms with Gasteiger partial charge in [-0.05, 0) is 44.4 Å². The summed E-state index contributed by atoms with van der Waals surface area (Å²) in [4.78, 5) is 11.4. The molecular formula is C14H20O4. The van der Waals surface area contributed by atoms with E-state index in [-0.39, 0.29) is 0 Å². The monoisotopic (exact) mass is 252 g/mol. The Kier molecular flexibility index (Phi) is 4.02. The summed E-state index contributed by atoms with van der Waals surface area (Å²) in [5.41, 5.74) is 2.06. The van der Waals surface area contributed by atoms with Gasteiger partial charge >= 0.3 is 5.97 Å². The molecule has 1 N–H and O–H groups in total.